The summed E-state index contributed by atoms with van der Waals surface area (Å²) in [6, 6.07) is 2.09. The highest BCUT2D eigenvalue weighted by Crippen LogP contribution is 2.20. The summed E-state index contributed by atoms with van der Waals surface area (Å²) < 4.78 is 18.1. The van der Waals surface area contributed by atoms with Crippen molar-refractivity contribution in [2.75, 3.05) is 11.5 Å². The zero-order valence-corrected chi connectivity index (χ0v) is 14.8. The Labute approximate surface area is 163 Å². The van der Waals surface area contributed by atoms with Crippen LogP contribution in [-0.4, -0.2) is 81.7 Å². The molecule has 0 spiro atoms. The monoisotopic (exact) mass is 412 g/mol. The third-order valence-electron chi connectivity index (χ3n) is 4.64. The first-order chi connectivity index (χ1) is 13.7. The molecular weight excluding hydrogens is 393 g/mol. The van der Waals surface area contributed by atoms with Crippen molar-refractivity contribution in [3.05, 3.63) is 30.1 Å². The number of aliphatic hydroxyl groups excluding tert-OH is 4. The van der Waals surface area contributed by atoms with E-state index in [-0.39, 0.29) is 5.69 Å². The summed E-state index contributed by atoms with van der Waals surface area (Å²) >= 11 is 0. The second kappa shape index (κ2) is 8.31. The number of carbonyl (C=O) groups is 3. The van der Waals surface area contributed by atoms with Crippen molar-refractivity contribution in [3.8, 4) is 0 Å². The van der Waals surface area contributed by atoms with Crippen LogP contribution in [0, 0.1) is 11.7 Å². The van der Waals surface area contributed by atoms with Crippen molar-refractivity contribution in [1.82, 2.24) is 5.32 Å². The Balaban J connectivity index is 1.82. The van der Waals surface area contributed by atoms with E-state index >= 15 is 0 Å². The lowest BCUT2D eigenvalue weighted by molar-refractivity contribution is -0.557. The number of hydrogen-bond donors (Lipinski definition) is 6. The molecule has 2 heterocycles. The summed E-state index contributed by atoms with van der Waals surface area (Å²) in [4.78, 5) is 39.9. The van der Waals surface area contributed by atoms with Gasteiger partial charge in [-0.15, -0.1) is 0 Å². The standard InChI is InChI=1S/C17H18FN3O8/c18-7-1-3-8(4-2-7)21-15(26)9(14(25)20-17(21)28)5-19-11-13(24)12(23)10(6-22)29-16(11)27/h1-5,9-13,16,22-24,27H,6H2,(H,20,25,28)/p+1/t9-,10-,11-,12+,13-,16-/m1/s1. The van der Waals surface area contributed by atoms with Crippen molar-refractivity contribution >= 4 is 29.7 Å². The van der Waals surface area contributed by atoms with Gasteiger partial charge in [0.2, 0.25) is 12.3 Å². The molecule has 29 heavy (non-hydrogen) atoms. The van der Waals surface area contributed by atoms with E-state index in [0.717, 1.165) is 18.3 Å². The van der Waals surface area contributed by atoms with Crippen molar-refractivity contribution in [1.29, 1.82) is 0 Å². The number of halogens is 1. The Bertz CT molecular complexity index is 832. The van der Waals surface area contributed by atoms with Gasteiger partial charge < -0.3 is 25.2 Å². The van der Waals surface area contributed by atoms with Gasteiger partial charge in [-0.3, -0.25) is 14.9 Å². The minimum Gasteiger partial charge on any atom is -0.394 e. The highest BCUT2D eigenvalue weighted by atomic mass is 19.1. The molecule has 6 N–H and O–H groups in total. The van der Waals surface area contributed by atoms with Crippen LogP contribution in [0.15, 0.2) is 24.3 Å². The maximum atomic E-state index is 13.1. The molecule has 0 unspecified atom stereocenters. The summed E-state index contributed by atoms with van der Waals surface area (Å²) in [5.74, 6) is -4.03. The Kier molecular flexibility index (Phi) is 6.00. The lowest BCUT2D eigenvalue weighted by Crippen LogP contribution is -2.88. The van der Waals surface area contributed by atoms with E-state index in [2.05, 4.69) is 4.99 Å². The van der Waals surface area contributed by atoms with Gasteiger partial charge >= 0.3 is 6.03 Å². The van der Waals surface area contributed by atoms with Crippen molar-refractivity contribution in [2.45, 2.75) is 30.6 Å². The molecule has 1 aromatic rings. The third kappa shape index (κ3) is 4.02. The lowest BCUT2D eigenvalue weighted by atomic mass is 9.97. The molecule has 11 nitrogen and oxygen atoms in total. The normalized spacial score (nSPS) is 33.3. The average Bonchev–Trinajstić information content (AvgIpc) is 2.68. The Morgan fingerprint density at radius 2 is 1.79 bits per heavy atom. The highest BCUT2D eigenvalue weighted by Gasteiger charge is 2.48. The molecule has 3 rings (SSSR count). The molecule has 0 saturated carbocycles. The number of barbiturate groups is 1. The van der Waals surface area contributed by atoms with E-state index in [0.29, 0.717) is 4.90 Å². The van der Waals surface area contributed by atoms with Gasteiger partial charge in [-0.05, 0) is 24.3 Å². The Hall–Kier alpha value is -2.77. The molecule has 0 aliphatic carbocycles. The van der Waals surface area contributed by atoms with Crippen LogP contribution in [0.5, 0.6) is 0 Å². The van der Waals surface area contributed by atoms with Crippen LogP contribution in [0.4, 0.5) is 14.9 Å². The molecule has 0 bridgehead atoms. The van der Waals surface area contributed by atoms with Gasteiger partial charge in [0.05, 0.1) is 12.3 Å². The maximum Gasteiger partial charge on any atom is 0.335 e. The summed E-state index contributed by atoms with van der Waals surface area (Å²) in [6.07, 6.45) is -5.08. The number of ether oxygens (including phenoxy) is 1. The molecule has 4 amide bonds. The quantitative estimate of drug-likeness (QED) is 0.214. The van der Waals surface area contributed by atoms with Crippen LogP contribution in [0.25, 0.3) is 0 Å². The molecule has 2 aliphatic heterocycles. The second-order valence-corrected chi connectivity index (χ2v) is 6.51. The second-order valence-electron chi connectivity index (χ2n) is 6.51. The van der Waals surface area contributed by atoms with E-state index in [1.165, 1.54) is 12.1 Å². The van der Waals surface area contributed by atoms with Gasteiger partial charge in [0.25, 0.3) is 11.8 Å². The van der Waals surface area contributed by atoms with Crippen LogP contribution in [0.1, 0.15) is 0 Å². The number of urea groups is 1. The summed E-state index contributed by atoms with van der Waals surface area (Å²) in [5, 5.41) is 41.0. The number of rotatable bonds is 4. The maximum absolute atomic E-state index is 13.1. The van der Waals surface area contributed by atoms with Crippen LogP contribution >= 0.6 is 0 Å². The predicted octanol–water partition coefficient (Wildman–Crippen LogP) is -4.02. The molecule has 12 heteroatoms. The lowest BCUT2D eigenvalue weighted by Gasteiger charge is -2.35. The molecule has 2 fully saturated rings. The van der Waals surface area contributed by atoms with Crippen molar-refractivity contribution in [3.63, 3.8) is 0 Å². The first-order valence-electron chi connectivity index (χ1n) is 8.59. The van der Waals surface area contributed by atoms with Gasteiger partial charge in [-0.25, -0.2) is 19.1 Å². The van der Waals surface area contributed by atoms with E-state index in [1.54, 1.807) is 0 Å². The van der Waals surface area contributed by atoms with E-state index in [4.69, 9.17) is 9.84 Å². The number of carbonyl (C=O) groups excluding carboxylic acids is 3. The van der Waals surface area contributed by atoms with Gasteiger partial charge in [0.15, 0.2) is 12.1 Å². The van der Waals surface area contributed by atoms with E-state index < -0.39 is 66.8 Å². The average molecular weight is 412 g/mol. The summed E-state index contributed by atoms with van der Waals surface area (Å²) in [5.41, 5.74) is 0.0297. The van der Waals surface area contributed by atoms with Gasteiger partial charge in [-0.1, -0.05) is 0 Å². The van der Waals surface area contributed by atoms with Crippen molar-refractivity contribution < 1.29 is 48.9 Å². The number of benzene rings is 1. The number of nitrogens with one attached hydrogen (secondary N) is 2. The zero-order chi connectivity index (χ0) is 21.3. The molecule has 6 atom stereocenters. The molecule has 2 aliphatic rings. The predicted molar refractivity (Wildman–Crippen MR) is 91.7 cm³/mol. The van der Waals surface area contributed by atoms with Crippen LogP contribution < -0.4 is 15.2 Å². The van der Waals surface area contributed by atoms with E-state index in [1.807, 2.05) is 5.32 Å². The number of amides is 4. The number of anilines is 1. The molecule has 0 aromatic heterocycles. The van der Waals surface area contributed by atoms with Crippen LogP contribution in [-0.2, 0) is 14.3 Å². The van der Waals surface area contributed by atoms with Crippen LogP contribution in [0.3, 0.4) is 0 Å². The van der Waals surface area contributed by atoms with Crippen LogP contribution in [0.2, 0.25) is 0 Å². The zero-order valence-electron chi connectivity index (χ0n) is 14.8. The number of nitrogens with zero attached hydrogens (tertiary/aromatic N) is 1. The third-order valence-corrected chi connectivity index (χ3v) is 4.64. The number of hydrogen-bond acceptors (Lipinski definition) is 8. The fourth-order valence-corrected chi connectivity index (χ4v) is 3.06. The largest absolute Gasteiger partial charge is 0.394 e. The minimum absolute atomic E-state index is 0.0297. The summed E-state index contributed by atoms with van der Waals surface area (Å²) in [7, 11) is 0. The minimum atomic E-state index is -1.67. The molecule has 0 radical (unpaired) electrons. The SMILES string of the molecule is O=C1NC(=O)N(c2ccc(F)cc2)C(=O)[C@@H]1C=[NH+][C@@H]1[C@@H](O)[C@@H](O)[C@@H](CO)O[C@H]1O. The first kappa shape index (κ1) is 21.0. The first-order valence-corrected chi connectivity index (χ1v) is 8.59. The molecular formula is C17H19FN3O8+. The van der Waals surface area contributed by atoms with Gasteiger partial charge in [0.1, 0.15) is 24.1 Å². The molecule has 1 aromatic carbocycles. The Morgan fingerprint density at radius 1 is 1.14 bits per heavy atom. The highest BCUT2D eigenvalue weighted by molar-refractivity contribution is 6.32. The number of imide groups is 2. The van der Waals surface area contributed by atoms with Gasteiger partial charge in [-0.2, -0.15) is 0 Å². The number of aliphatic hydroxyl groups is 4. The fourth-order valence-electron chi connectivity index (χ4n) is 3.06. The van der Waals surface area contributed by atoms with Crippen molar-refractivity contribution in [2.24, 2.45) is 5.92 Å². The fraction of sp³-hybridized carbons (Fsp3) is 0.412. The summed E-state index contributed by atoms with van der Waals surface area (Å²) in [6.45, 7) is -0.649. The smallest absolute Gasteiger partial charge is 0.335 e. The molecule has 156 valence electrons. The van der Waals surface area contributed by atoms with Gasteiger partial charge in [0, 0.05) is 0 Å². The van der Waals surface area contributed by atoms with E-state index in [9.17, 15) is 34.1 Å². The molecule has 2 saturated heterocycles. The topological polar surface area (TPSA) is 171 Å². The Morgan fingerprint density at radius 3 is 2.41 bits per heavy atom.